The van der Waals surface area contributed by atoms with Gasteiger partial charge in [-0.15, -0.1) is 0 Å². The Bertz CT molecular complexity index is 995. The maximum Gasteiger partial charge on any atom is 0.374 e. The van der Waals surface area contributed by atoms with E-state index in [1.165, 1.54) is 6.07 Å². The first-order valence-electron chi connectivity index (χ1n) is 10.2. The van der Waals surface area contributed by atoms with Gasteiger partial charge in [0.2, 0.25) is 5.76 Å². The second-order valence-electron chi connectivity index (χ2n) is 7.15. The molecule has 1 aliphatic heterocycles. The maximum absolute atomic E-state index is 12.4. The van der Waals surface area contributed by atoms with Crippen LogP contribution in [0.1, 0.15) is 16.3 Å². The van der Waals surface area contributed by atoms with Crippen LogP contribution < -0.4 is 9.64 Å². The monoisotopic (exact) mass is 420 g/mol. The Morgan fingerprint density at radius 1 is 0.839 bits per heavy atom. The van der Waals surface area contributed by atoms with Crippen molar-refractivity contribution in [2.45, 2.75) is 6.61 Å². The summed E-state index contributed by atoms with van der Waals surface area (Å²) in [5, 5.41) is 0. The van der Waals surface area contributed by atoms with Crippen molar-refractivity contribution in [3.63, 3.8) is 0 Å². The van der Waals surface area contributed by atoms with E-state index in [-0.39, 0.29) is 24.9 Å². The number of nitrogens with zero attached hydrogens (tertiary/aromatic N) is 2. The van der Waals surface area contributed by atoms with E-state index in [9.17, 15) is 9.59 Å². The molecule has 1 aliphatic rings. The topological polar surface area (TPSA) is 72.2 Å². The summed E-state index contributed by atoms with van der Waals surface area (Å²) in [4.78, 5) is 28.6. The number of rotatable bonds is 7. The number of carbonyl (C=O) groups excluding carboxylic acids is 2. The first-order chi connectivity index (χ1) is 15.2. The number of amides is 1. The highest BCUT2D eigenvalue weighted by molar-refractivity contribution is 5.88. The van der Waals surface area contributed by atoms with Gasteiger partial charge in [0.1, 0.15) is 18.1 Å². The molecular formula is C24H24N2O5. The summed E-state index contributed by atoms with van der Waals surface area (Å²) in [7, 11) is 0. The zero-order valence-corrected chi connectivity index (χ0v) is 17.1. The van der Waals surface area contributed by atoms with Crippen molar-refractivity contribution in [2.24, 2.45) is 0 Å². The Labute approximate surface area is 180 Å². The first kappa shape index (κ1) is 20.5. The largest absolute Gasteiger partial charge is 0.486 e. The summed E-state index contributed by atoms with van der Waals surface area (Å²) >= 11 is 0. The van der Waals surface area contributed by atoms with Gasteiger partial charge in [-0.25, -0.2) is 4.79 Å². The molecule has 7 nitrogen and oxygen atoms in total. The predicted octanol–water partition coefficient (Wildman–Crippen LogP) is 3.36. The van der Waals surface area contributed by atoms with Gasteiger partial charge in [0, 0.05) is 31.9 Å². The van der Waals surface area contributed by atoms with Gasteiger partial charge in [0.25, 0.3) is 5.91 Å². The SMILES string of the molecule is O=C(OCC(=O)N1CCN(c2ccccc2)CC1)c1ccc(COc2ccccc2)o1. The molecule has 1 saturated heterocycles. The van der Waals surface area contributed by atoms with Crippen LogP contribution in [0.15, 0.2) is 77.2 Å². The third-order valence-electron chi connectivity index (χ3n) is 5.07. The molecular weight excluding hydrogens is 396 g/mol. The summed E-state index contributed by atoms with van der Waals surface area (Å²) in [6.45, 7) is 2.56. The van der Waals surface area contributed by atoms with Crippen LogP contribution in [0.4, 0.5) is 5.69 Å². The van der Waals surface area contributed by atoms with Crippen LogP contribution in [0.25, 0.3) is 0 Å². The summed E-state index contributed by atoms with van der Waals surface area (Å²) in [6, 6.07) is 22.6. The molecule has 0 radical (unpaired) electrons. The van der Waals surface area contributed by atoms with Gasteiger partial charge in [-0.05, 0) is 36.4 Å². The molecule has 0 atom stereocenters. The van der Waals surface area contributed by atoms with Crippen molar-refractivity contribution in [2.75, 3.05) is 37.7 Å². The fourth-order valence-electron chi connectivity index (χ4n) is 3.38. The lowest BCUT2D eigenvalue weighted by molar-refractivity contribution is -0.134. The zero-order valence-electron chi connectivity index (χ0n) is 17.1. The number of carbonyl (C=O) groups is 2. The van der Waals surface area contributed by atoms with Crippen molar-refractivity contribution >= 4 is 17.6 Å². The molecule has 2 heterocycles. The summed E-state index contributed by atoms with van der Waals surface area (Å²) in [5.74, 6) is 0.385. The van der Waals surface area contributed by atoms with Crippen LogP contribution in [0.2, 0.25) is 0 Å². The minimum absolute atomic E-state index is 0.0494. The molecule has 160 valence electrons. The molecule has 1 amide bonds. The Morgan fingerprint density at radius 3 is 2.23 bits per heavy atom. The quantitative estimate of drug-likeness (QED) is 0.546. The van der Waals surface area contributed by atoms with Crippen LogP contribution in [-0.2, 0) is 16.1 Å². The Morgan fingerprint density at radius 2 is 1.52 bits per heavy atom. The molecule has 0 bridgehead atoms. The molecule has 0 N–H and O–H groups in total. The molecule has 31 heavy (non-hydrogen) atoms. The van der Waals surface area contributed by atoms with Crippen molar-refractivity contribution in [3.8, 4) is 5.75 Å². The van der Waals surface area contributed by atoms with Crippen LogP contribution in [0.3, 0.4) is 0 Å². The highest BCUT2D eigenvalue weighted by Crippen LogP contribution is 2.16. The number of ether oxygens (including phenoxy) is 2. The molecule has 0 saturated carbocycles. The lowest BCUT2D eigenvalue weighted by atomic mass is 10.2. The van der Waals surface area contributed by atoms with Gasteiger partial charge in [-0.2, -0.15) is 0 Å². The molecule has 3 aromatic rings. The molecule has 1 fully saturated rings. The van der Waals surface area contributed by atoms with Gasteiger partial charge >= 0.3 is 5.97 Å². The number of para-hydroxylation sites is 2. The maximum atomic E-state index is 12.4. The lowest BCUT2D eigenvalue weighted by Crippen LogP contribution is -2.49. The molecule has 0 unspecified atom stereocenters. The van der Waals surface area contributed by atoms with E-state index in [1.807, 2.05) is 48.5 Å². The minimum Gasteiger partial charge on any atom is -0.486 e. The Kier molecular flexibility index (Phi) is 6.52. The third kappa shape index (κ3) is 5.45. The predicted molar refractivity (Wildman–Crippen MR) is 115 cm³/mol. The van der Waals surface area contributed by atoms with E-state index in [0.717, 1.165) is 18.8 Å². The molecule has 2 aromatic carbocycles. The van der Waals surface area contributed by atoms with Crippen molar-refractivity contribution in [3.05, 3.63) is 84.3 Å². The molecule has 0 spiro atoms. The summed E-state index contributed by atoms with van der Waals surface area (Å²) in [5.41, 5.74) is 1.14. The standard InChI is InChI=1S/C24H24N2O5/c27-23(26-15-13-25(14-16-26)19-7-3-1-4-8-19)18-30-24(28)22-12-11-21(31-22)17-29-20-9-5-2-6-10-20/h1-12H,13-18H2. The molecule has 0 aliphatic carbocycles. The summed E-state index contributed by atoms with van der Waals surface area (Å²) in [6.07, 6.45) is 0. The van der Waals surface area contributed by atoms with Crippen LogP contribution in [0.5, 0.6) is 5.75 Å². The van der Waals surface area contributed by atoms with Gasteiger partial charge in [0.15, 0.2) is 6.61 Å². The summed E-state index contributed by atoms with van der Waals surface area (Å²) < 4.78 is 16.2. The van der Waals surface area contributed by atoms with Crippen molar-refractivity contribution < 1.29 is 23.5 Å². The van der Waals surface area contributed by atoms with Crippen molar-refractivity contribution in [1.82, 2.24) is 4.90 Å². The number of furan rings is 1. The molecule has 7 heteroatoms. The third-order valence-corrected chi connectivity index (χ3v) is 5.07. The lowest BCUT2D eigenvalue weighted by Gasteiger charge is -2.36. The smallest absolute Gasteiger partial charge is 0.374 e. The van der Waals surface area contributed by atoms with E-state index >= 15 is 0 Å². The first-order valence-corrected chi connectivity index (χ1v) is 10.2. The Hall–Kier alpha value is -3.74. The average Bonchev–Trinajstić information content (AvgIpc) is 3.32. The minimum atomic E-state index is -0.665. The van der Waals surface area contributed by atoms with E-state index < -0.39 is 5.97 Å². The fraction of sp³-hybridized carbons (Fsp3) is 0.250. The molecule has 4 rings (SSSR count). The van der Waals surface area contributed by atoms with Crippen molar-refractivity contribution in [1.29, 1.82) is 0 Å². The molecule has 1 aromatic heterocycles. The number of benzene rings is 2. The highest BCUT2D eigenvalue weighted by Gasteiger charge is 2.23. The van der Waals surface area contributed by atoms with Crippen LogP contribution in [0, 0.1) is 0 Å². The van der Waals surface area contributed by atoms with Crippen LogP contribution >= 0.6 is 0 Å². The average molecular weight is 420 g/mol. The fourth-order valence-corrected chi connectivity index (χ4v) is 3.38. The number of anilines is 1. The highest BCUT2D eigenvalue weighted by atomic mass is 16.6. The number of hydrogen-bond donors (Lipinski definition) is 0. The van der Waals surface area contributed by atoms with E-state index in [1.54, 1.807) is 11.0 Å². The van der Waals surface area contributed by atoms with Gasteiger partial charge in [0.05, 0.1) is 0 Å². The number of piperazine rings is 1. The van der Waals surface area contributed by atoms with Crippen LogP contribution in [-0.4, -0.2) is 49.6 Å². The second-order valence-corrected chi connectivity index (χ2v) is 7.15. The van der Waals surface area contributed by atoms with E-state index in [0.29, 0.717) is 24.6 Å². The van der Waals surface area contributed by atoms with Gasteiger partial charge < -0.3 is 23.7 Å². The number of esters is 1. The van der Waals surface area contributed by atoms with Gasteiger partial charge in [-0.3, -0.25) is 4.79 Å². The number of hydrogen-bond acceptors (Lipinski definition) is 6. The van der Waals surface area contributed by atoms with Gasteiger partial charge in [-0.1, -0.05) is 36.4 Å². The zero-order chi connectivity index (χ0) is 21.5. The second kappa shape index (κ2) is 9.84. The normalized spacial score (nSPS) is 13.7. The van der Waals surface area contributed by atoms with E-state index in [2.05, 4.69) is 17.0 Å². The van der Waals surface area contributed by atoms with E-state index in [4.69, 9.17) is 13.9 Å². The Balaban J connectivity index is 1.21.